The minimum Gasteiger partial charge on any atom is -0.330 e. The van der Waals surface area contributed by atoms with Gasteiger partial charge >= 0.3 is 0 Å². The molecule has 1 rings (SSSR count). The van der Waals surface area contributed by atoms with Gasteiger partial charge in [-0.1, -0.05) is 51.1 Å². The third kappa shape index (κ3) is 5.72. The lowest BCUT2D eigenvalue weighted by atomic mass is 9.95. The summed E-state index contributed by atoms with van der Waals surface area (Å²) in [7, 11) is -3.28. The molecular formula is C14H24N2O2S. The highest BCUT2D eigenvalue weighted by Gasteiger charge is 2.21. The van der Waals surface area contributed by atoms with Gasteiger partial charge in [0.1, 0.15) is 0 Å². The summed E-state index contributed by atoms with van der Waals surface area (Å²) in [6.07, 6.45) is 0. The van der Waals surface area contributed by atoms with Gasteiger partial charge in [-0.05, 0) is 23.4 Å². The van der Waals surface area contributed by atoms with Crippen molar-refractivity contribution in [2.75, 3.05) is 18.8 Å². The van der Waals surface area contributed by atoms with Gasteiger partial charge in [-0.15, -0.1) is 0 Å². The van der Waals surface area contributed by atoms with Gasteiger partial charge in [-0.2, -0.15) is 0 Å². The van der Waals surface area contributed by atoms with Crippen molar-refractivity contribution in [1.82, 2.24) is 4.72 Å². The molecule has 1 aromatic carbocycles. The molecule has 0 aliphatic rings. The summed E-state index contributed by atoms with van der Waals surface area (Å²) in [6, 6.07) is 9.66. The molecule has 1 aromatic rings. The van der Waals surface area contributed by atoms with Crippen molar-refractivity contribution in [2.45, 2.75) is 26.7 Å². The number of benzene rings is 1. The van der Waals surface area contributed by atoms with Gasteiger partial charge in [0.25, 0.3) is 0 Å². The molecule has 1 atom stereocenters. The van der Waals surface area contributed by atoms with E-state index in [-0.39, 0.29) is 17.1 Å². The summed E-state index contributed by atoms with van der Waals surface area (Å²) in [6.45, 7) is 6.62. The maximum atomic E-state index is 12.0. The Hall–Kier alpha value is -0.910. The van der Waals surface area contributed by atoms with Crippen molar-refractivity contribution in [3.63, 3.8) is 0 Å². The van der Waals surface area contributed by atoms with Crippen LogP contribution in [0.5, 0.6) is 0 Å². The van der Waals surface area contributed by atoms with E-state index in [4.69, 9.17) is 5.73 Å². The van der Waals surface area contributed by atoms with Crippen LogP contribution in [-0.2, 0) is 10.0 Å². The Morgan fingerprint density at radius 3 is 2.37 bits per heavy atom. The van der Waals surface area contributed by atoms with Gasteiger partial charge in [-0.25, -0.2) is 13.1 Å². The minimum atomic E-state index is -3.28. The molecule has 1 unspecified atom stereocenters. The van der Waals surface area contributed by atoms with Gasteiger partial charge in [0, 0.05) is 6.54 Å². The average molecular weight is 284 g/mol. The zero-order valence-electron chi connectivity index (χ0n) is 11.9. The van der Waals surface area contributed by atoms with E-state index in [1.165, 1.54) is 0 Å². The van der Waals surface area contributed by atoms with E-state index >= 15 is 0 Å². The second-order valence-electron chi connectivity index (χ2n) is 5.78. The molecule has 108 valence electrons. The second kappa shape index (κ2) is 6.50. The lowest BCUT2D eigenvalue weighted by molar-refractivity contribution is 0.376. The summed E-state index contributed by atoms with van der Waals surface area (Å²) in [5, 5.41) is 0. The highest BCUT2D eigenvalue weighted by atomic mass is 32.2. The van der Waals surface area contributed by atoms with E-state index in [1.807, 2.05) is 51.1 Å². The average Bonchev–Trinajstić information content (AvgIpc) is 2.37. The van der Waals surface area contributed by atoms with E-state index < -0.39 is 10.0 Å². The Bertz CT molecular complexity index is 483. The van der Waals surface area contributed by atoms with Gasteiger partial charge < -0.3 is 5.73 Å². The lowest BCUT2D eigenvalue weighted by Crippen LogP contribution is -2.39. The Morgan fingerprint density at radius 1 is 1.26 bits per heavy atom. The van der Waals surface area contributed by atoms with Crippen LogP contribution >= 0.6 is 0 Å². The van der Waals surface area contributed by atoms with Crippen LogP contribution in [0.4, 0.5) is 0 Å². The summed E-state index contributed by atoms with van der Waals surface area (Å²) in [5.74, 6) is 0.0668. The van der Waals surface area contributed by atoms with Crippen LogP contribution in [0.1, 0.15) is 32.3 Å². The zero-order valence-corrected chi connectivity index (χ0v) is 12.7. The van der Waals surface area contributed by atoms with Crippen molar-refractivity contribution in [3.8, 4) is 0 Å². The summed E-state index contributed by atoms with van der Waals surface area (Å²) < 4.78 is 26.7. The van der Waals surface area contributed by atoms with Gasteiger partial charge in [0.15, 0.2) is 0 Å². The molecule has 19 heavy (non-hydrogen) atoms. The lowest BCUT2D eigenvalue weighted by Gasteiger charge is -2.23. The van der Waals surface area contributed by atoms with E-state index in [0.717, 1.165) is 5.56 Å². The summed E-state index contributed by atoms with van der Waals surface area (Å²) in [4.78, 5) is 0. The standard InChI is InChI=1S/C14H24N2O2S/c1-12(13-7-5-4-6-8-13)9-19(17,18)16-11-14(2,3)10-15/h4-8,12,16H,9-11,15H2,1-3H3. The molecule has 5 heteroatoms. The first-order chi connectivity index (χ1) is 8.76. The van der Waals surface area contributed by atoms with Crippen molar-refractivity contribution >= 4 is 10.0 Å². The topological polar surface area (TPSA) is 72.2 Å². The van der Waals surface area contributed by atoms with Crippen LogP contribution in [0.15, 0.2) is 30.3 Å². The van der Waals surface area contributed by atoms with E-state index in [1.54, 1.807) is 0 Å². The van der Waals surface area contributed by atoms with Crippen molar-refractivity contribution < 1.29 is 8.42 Å². The smallest absolute Gasteiger partial charge is 0.212 e. The maximum Gasteiger partial charge on any atom is 0.212 e. The molecule has 0 spiro atoms. The molecule has 0 aliphatic heterocycles. The first-order valence-corrected chi connectivity index (χ1v) is 8.13. The van der Waals surface area contributed by atoms with Crippen LogP contribution in [-0.4, -0.2) is 27.3 Å². The highest BCUT2D eigenvalue weighted by molar-refractivity contribution is 7.89. The molecule has 0 saturated carbocycles. The molecule has 0 heterocycles. The van der Waals surface area contributed by atoms with Crippen molar-refractivity contribution in [2.24, 2.45) is 11.1 Å². The number of rotatable bonds is 7. The van der Waals surface area contributed by atoms with Crippen LogP contribution in [0.25, 0.3) is 0 Å². The van der Waals surface area contributed by atoms with E-state index in [2.05, 4.69) is 4.72 Å². The van der Waals surface area contributed by atoms with Crippen molar-refractivity contribution in [3.05, 3.63) is 35.9 Å². The first-order valence-electron chi connectivity index (χ1n) is 6.48. The Labute approximate surface area is 116 Å². The normalized spacial score (nSPS) is 14.3. The fourth-order valence-electron chi connectivity index (χ4n) is 1.64. The first kappa shape index (κ1) is 16.1. The van der Waals surface area contributed by atoms with Crippen LogP contribution in [0.2, 0.25) is 0 Å². The predicted octanol–water partition coefficient (Wildman–Crippen LogP) is 1.69. The molecule has 0 aromatic heterocycles. The summed E-state index contributed by atoms with van der Waals surface area (Å²) in [5.41, 5.74) is 6.41. The number of sulfonamides is 1. The number of hydrogen-bond donors (Lipinski definition) is 2. The molecule has 0 bridgehead atoms. The van der Waals surface area contributed by atoms with Gasteiger partial charge in [-0.3, -0.25) is 0 Å². The Morgan fingerprint density at radius 2 is 1.84 bits per heavy atom. The summed E-state index contributed by atoms with van der Waals surface area (Å²) >= 11 is 0. The molecule has 0 radical (unpaired) electrons. The predicted molar refractivity (Wildman–Crippen MR) is 79.5 cm³/mol. The van der Waals surface area contributed by atoms with Crippen LogP contribution in [0, 0.1) is 5.41 Å². The molecule has 0 saturated heterocycles. The number of hydrogen-bond acceptors (Lipinski definition) is 3. The van der Waals surface area contributed by atoms with E-state index in [9.17, 15) is 8.42 Å². The molecule has 0 amide bonds. The molecule has 0 fully saturated rings. The van der Waals surface area contributed by atoms with Gasteiger partial charge in [0.05, 0.1) is 5.75 Å². The molecule has 3 N–H and O–H groups in total. The minimum absolute atomic E-state index is 0.0281. The van der Waals surface area contributed by atoms with Crippen LogP contribution in [0.3, 0.4) is 0 Å². The Balaban J connectivity index is 2.60. The third-order valence-corrected chi connectivity index (χ3v) is 4.68. The number of nitrogens with two attached hydrogens (primary N) is 1. The fourth-order valence-corrected chi connectivity index (χ4v) is 3.22. The third-order valence-electron chi connectivity index (χ3n) is 3.16. The van der Waals surface area contributed by atoms with Crippen molar-refractivity contribution in [1.29, 1.82) is 0 Å². The second-order valence-corrected chi connectivity index (χ2v) is 7.63. The zero-order chi connectivity index (χ0) is 14.5. The Kier molecular flexibility index (Phi) is 5.52. The van der Waals surface area contributed by atoms with E-state index in [0.29, 0.717) is 13.1 Å². The quantitative estimate of drug-likeness (QED) is 0.800. The van der Waals surface area contributed by atoms with Crippen LogP contribution < -0.4 is 10.5 Å². The monoisotopic (exact) mass is 284 g/mol. The SMILES string of the molecule is CC(CS(=O)(=O)NCC(C)(C)CN)c1ccccc1. The fraction of sp³-hybridized carbons (Fsp3) is 0.571. The number of nitrogens with one attached hydrogen (secondary N) is 1. The highest BCUT2D eigenvalue weighted by Crippen LogP contribution is 2.17. The molecular weight excluding hydrogens is 260 g/mol. The molecule has 0 aliphatic carbocycles. The maximum absolute atomic E-state index is 12.0. The molecule has 4 nitrogen and oxygen atoms in total. The largest absolute Gasteiger partial charge is 0.330 e. The van der Waals surface area contributed by atoms with Gasteiger partial charge in [0.2, 0.25) is 10.0 Å².